The summed E-state index contributed by atoms with van der Waals surface area (Å²) in [6.45, 7) is 10.00. The second-order valence-corrected chi connectivity index (χ2v) is 9.53. The van der Waals surface area contributed by atoms with E-state index in [0.29, 0.717) is 23.9 Å². The van der Waals surface area contributed by atoms with Crippen LogP contribution in [0.1, 0.15) is 62.6 Å². The number of unbranched alkanes of at least 4 members (excludes halogenated alkanes) is 1. The second kappa shape index (κ2) is 10.6. The summed E-state index contributed by atoms with van der Waals surface area (Å²) in [6, 6.07) is 10.8. The molecule has 5 rings (SSSR count). The third-order valence-electron chi connectivity index (χ3n) is 6.97. The van der Waals surface area contributed by atoms with Crippen LogP contribution in [-0.2, 0) is 0 Å². The van der Waals surface area contributed by atoms with Gasteiger partial charge in [-0.15, -0.1) is 0 Å². The first-order valence-corrected chi connectivity index (χ1v) is 12.7. The maximum absolute atomic E-state index is 13.4. The van der Waals surface area contributed by atoms with Gasteiger partial charge in [-0.05, 0) is 87.7 Å². The van der Waals surface area contributed by atoms with E-state index in [0.717, 1.165) is 86.3 Å². The minimum absolute atomic E-state index is 0.289. The van der Waals surface area contributed by atoms with Crippen LogP contribution in [0, 0.1) is 5.82 Å². The molecule has 2 aliphatic heterocycles. The monoisotopic (exact) mass is 476 g/mol. The molecule has 1 fully saturated rings. The molecular weight excluding hydrogens is 443 g/mol. The molecule has 1 saturated heterocycles. The van der Waals surface area contributed by atoms with Gasteiger partial charge in [0, 0.05) is 29.0 Å². The summed E-state index contributed by atoms with van der Waals surface area (Å²) >= 11 is 0. The van der Waals surface area contributed by atoms with Crippen molar-refractivity contribution in [3.05, 3.63) is 71.9 Å². The lowest BCUT2D eigenvalue weighted by atomic mass is 9.91. The van der Waals surface area contributed by atoms with Crippen LogP contribution in [0.25, 0.3) is 16.5 Å². The molecule has 3 heterocycles. The van der Waals surface area contributed by atoms with Crippen LogP contribution in [0.2, 0.25) is 0 Å². The molecule has 35 heavy (non-hydrogen) atoms. The highest BCUT2D eigenvalue weighted by atomic mass is 19.1. The van der Waals surface area contributed by atoms with Crippen LogP contribution in [0.3, 0.4) is 0 Å². The van der Waals surface area contributed by atoms with Crippen molar-refractivity contribution in [3.63, 3.8) is 0 Å². The van der Waals surface area contributed by atoms with Crippen molar-refractivity contribution < 1.29 is 18.4 Å². The Labute approximate surface area is 206 Å². The van der Waals surface area contributed by atoms with E-state index in [1.54, 1.807) is 6.07 Å². The van der Waals surface area contributed by atoms with Crippen molar-refractivity contribution in [1.29, 1.82) is 0 Å². The quantitative estimate of drug-likeness (QED) is 0.308. The number of fused-ring (bicyclic) bond motifs is 2. The number of hydrogen-bond donors (Lipinski definition) is 0. The van der Waals surface area contributed by atoms with Gasteiger partial charge in [-0.25, -0.2) is 4.39 Å². The van der Waals surface area contributed by atoms with Gasteiger partial charge in [0.25, 0.3) is 0 Å². The lowest BCUT2D eigenvalue weighted by molar-refractivity contribution is 0.199. The predicted octanol–water partition coefficient (Wildman–Crippen LogP) is 7.10. The summed E-state index contributed by atoms with van der Waals surface area (Å²) < 4.78 is 30.6. The average molecular weight is 477 g/mol. The fourth-order valence-electron chi connectivity index (χ4n) is 5.14. The maximum Gasteiger partial charge on any atom is 0.170 e. The molecule has 5 nitrogen and oxygen atoms in total. The first kappa shape index (κ1) is 23.6. The fraction of sp³-hybridized carbons (Fsp3) is 0.414. The van der Waals surface area contributed by atoms with E-state index < -0.39 is 0 Å². The van der Waals surface area contributed by atoms with Gasteiger partial charge < -0.3 is 18.9 Å². The lowest BCUT2D eigenvalue weighted by Gasteiger charge is -2.31. The van der Waals surface area contributed by atoms with E-state index in [2.05, 4.69) is 29.6 Å². The van der Waals surface area contributed by atoms with E-state index in [4.69, 9.17) is 14.0 Å². The zero-order valence-electron chi connectivity index (χ0n) is 20.4. The summed E-state index contributed by atoms with van der Waals surface area (Å²) in [5.74, 6) is 2.45. The van der Waals surface area contributed by atoms with Crippen molar-refractivity contribution >= 4 is 16.5 Å². The summed E-state index contributed by atoms with van der Waals surface area (Å²) in [5.41, 5.74) is 3.93. The molecule has 0 radical (unpaired) electrons. The molecule has 0 spiro atoms. The highest BCUT2D eigenvalue weighted by Crippen LogP contribution is 2.38. The van der Waals surface area contributed by atoms with Crippen molar-refractivity contribution in [3.8, 4) is 11.5 Å². The first-order chi connectivity index (χ1) is 17.1. The van der Waals surface area contributed by atoms with Crippen LogP contribution in [0.4, 0.5) is 4.39 Å². The Kier molecular flexibility index (Phi) is 7.19. The van der Waals surface area contributed by atoms with Gasteiger partial charge in [0.05, 0.1) is 12.3 Å². The largest absolute Gasteiger partial charge is 0.493 e. The van der Waals surface area contributed by atoms with E-state index in [1.165, 1.54) is 17.7 Å². The van der Waals surface area contributed by atoms with Gasteiger partial charge >= 0.3 is 0 Å². The minimum atomic E-state index is -0.289. The third kappa shape index (κ3) is 5.43. The second-order valence-electron chi connectivity index (χ2n) is 9.53. The highest BCUT2D eigenvalue weighted by molar-refractivity contribution is 5.80. The van der Waals surface area contributed by atoms with Gasteiger partial charge in [-0.2, -0.15) is 0 Å². The molecule has 2 aromatic carbocycles. The number of aromatic nitrogens is 1. The highest BCUT2D eigenvalue weighted by Gasteiger charge is 2.25. The first-order valence-electron chi connectivity index (χ1n) is 12.7. The zero-order chi connectivity index (χ0) is 24.2. The Hall–Kier alpha value is -3.12. The average Bonchev–Trinajstić information content (AvgIpc) is 3.27. The number of allylic oxidation sites excluding steroid dienone is 2. The molecule has 3 aromatic rings. The number of halogens is 1. The Morgan fingerprint density at radius 1 is 1.14 bits per heavy atom. The van der Waals surface area contributed by atoms with Crippen molar-refractivity contribution in [2.45, 2.75) is 51.4 Å². The van der Waals surface area contributed by atoms with Crippen molar-refractivity contribution in [2.24, 2.45) is 0 Å². The fourth-order valence-corrected chi connectivity index (χ4v) is 5.14. The van der Waals surface area contributed by atoms with Crippen LogP contribution in [0.5, 0.6) is 11.5 Å². The molecule has 0 bridgehead atoms. The van der Waals surface area contributed by atoms with Crippen LogP contribution in [-0.4, -0.2) is 36.3 Å². The van der Waals surface area contributed by atoms with Crippen molar-refractivity contribution in [1.82, 2.24) is 10.1 Å². The lowest BCUT2D eigenvalue weighted by Crippen LogP contribution is -2.34. The Morgan fingerprint density at radius 3 is 2.83 bits per heavy atom. The third-order valence-corrected chi connectivity index (χ3v) is 6.97. The van der Waals surface area contributed by atoms with Gasteiger partial charge in [0.1, 0.15) is 23.1 Å². The minimum Gasteiger partial charge on any atom is -0.493 e. The van der Waals surface area contributed by atoms with E-state index in [1.807, 2.05) is 18.2 Å². The Bertz CT molecular complexity index is 1220. The van der Waals surface area contributed by atoms with E-state index >= 15 is 0 Å². The molecule has 1 aromatic heterocycles. The summed E-state index contributed by atoms with van der Waals surface area (Å²) in [6.07, 6.45) is 8.33. The molecule has 0 N–H and O–H groups in total. The molecule has 184 valence electrons. The Balaban J connectivity index is 1.05. The molecular formula is C29H33FN2O3. The molecule has 0 unspecified atom stereocenters. The molecule has 0 aliphatic carbocycles. The number of nitrogens with zero attached hydrogens (tertiary/aromatic N) is 2. The number of hydrogen-bond acceptors (Lipinski definition) is 5. The van der Waals surface area contributed by atoms with Crippen LogP contribution < -0.4 is 9.47 Å². The molecule has 6 heteroatoms. The molecule has 2 aliphatic rings. The SMILES string of the molecule is C=C1C=C(CCC)c2ccc(OCCCCN3CCC(c4noc5cc(F)ccc45)CC3)cc2O1. The zero-order valence-corrected chi connectivity index (χ0v) is 20.4. The van der Waals surface area contributed by atoms with Gasteiger partial charge in [-0.3, -0.25) is 0 Å². The van der Waals surface area contributed by atoms with Gasteiger partial charge in [0.15, 0.2) is 5.58 Å². The summed E-state index contributed by atoms with van der Waals surface area (Å²) in [4.78, 5) is 2.51. The predicted molar refractivity (Wildman–Crippen MR) is 136 cm³/mol. The number of likely N-dealkylation sites (tertiary alicyclic amines) is 1. The van der Waals surface area contributed by atoms with Crippen LogP contribution in [0.15, 0.2) is 59.3 Å². The number of benzene rings is 2. The van der Waals surface area contributed by atoms with Gasteiger partial charge in [0.2, 0.25) is 0 Å². The Morgan fingerprint density at radius 2 is 2.00 bits per heavy atom. The summed E-state index contributed by atoms with van der Waals surface area (Å²) in [7, 11) is 0. The van der Waals surface area contributed by atoms with Crippen LogP contribution >= 0.6 is 0 Å². The van der Waals surface area contributed by atoms with Crippen molar-refractivity contribution in [2.75, 3.05) is 26.2 Å². The van der Waals surface area contributed by atoms with E-state index in [9.17, 15) is 4.39 Å². The number of ether oxygens (including phenoxy) is 2. The number of piperidine rings is 1. The topological polar surface area (TPSA) is 47.7 Å². The molecule has 0 saturated carbocycles. The van der Waals surface area contributed by atoms with Gasteiger partial charge in [-0.1, -0.05) is 25.1 Å². The maximum atomic E-state index is 13.4. The standard InChI is InChI=1S/C29H33FN2O3/c1-3-6-22-17-20(2)34-27-19-24(8-10-25(22)27)33-16-5-4-13-32-14-11-21(12-15-32)29-26-9-7-23(30)18-28(26)35-31-29/h7-10,17-19,21H,2-6,11-16H2,1H3. The molecule has 0 atom stereocenters. The van der Waals surface area contributed by atoms with E-state index in [-0.39, 0.29) is 5.82 Å². The smallest absolute Gasteiger partial charge is 0.170 e. The molecule has 0 amide bonds. The summed E-state index contributed by atoms with van der Waals surface area (Å²) in [5, 5.41) is 5.19. The normalized spacial score (nSPS) is 16.7. The number of rotatable bonds is 9.